The molecule has 0 spiro atoms. The highest BCUT2D eigenvalue weighted by Crippen LogP contribution is 2.29. The molecule has 0 atom stereocenters. The van der Waals surface area contributed by atoms with Crippen LogP contribution in [0.2, 0.25) is 0 Å². The van der Waals surface area contributed by atoms with Crippen molar-refractivity contribution in [3.8, 4) is 11.5 Å². The van der Waals surface area contributed by atoms with Crippen LogP contribution in [0.4, 0.5) is 11.4 Å². The molecule has 0 amide bonds. The molecular weight excluding hydrogens is 388 g/mol. The largest absolute Gasteiger partial charge is 0.494 e. The zero-order valence-electron chi connectivity index (χ0n) is 18.0. The number of fused-ring (bicyclic) bond motifs is 2. The van der Waals surface area contributed by atoms with Crippen molar-refractivity contribution in [2.24, 2.45) is 0 Å². The second-order valence-electron chi connectivity index (χ2n) is 7.17. The number of hydrogen-bond donors (Lipinski definition) is 2. The van der Waals surface area contributed by atoms with Gasteiger partial charge in [0.05, 0.1) is 35.6 Å². The lowest BCUT2D eigenvalue weighted by atomic mass is 10.1. The first-order chi connectivity index (χ1) is 15.3. The van der Waals surface area contributed by atoms with E-state index in [4.69, 9.17) is 9.47 Å². The number of nitrogens with one attached hydrogen (secondary N) is 2. The van der Waals surface area contributed by atoms with E-state index in [1.807, 2.05) is 62.6 Å². The molecule has 2 aromatic heterocycles. The maximum atomic E-state index is 5.71. The maximum Gasteiger partial charge on any atom is 0.122 e. The summed E-state index contributed by atoms with van der Waals surface area (Å²) in [5.41, 5.74) is 3.90. The molecule has 0 saturated heterocycles. The fourth-order valence-electron chi connectivity index (χ4n) is 3.63. The minimum atomic E-state index is 0.637. The van der Waals surface area contributed by atoms with E-state index < -0.39 is 0 Å². The van der Waals surface area contributed by atoms with Crippen molar-refractivity contribution < 1.29 is 9.47 Å². The molecule has 0 aliphatic heterocycles. The number of benzene rings is 2. The van der Waals surface area contributed by atoms with Crippen LogP contribution in [0.5, 0.6) is 11.5 Å². The molecule has 0 aliphatic carbocycles. The first-order valence-electron chi connectivity index (χ1n) is 10.8. The van der Waals surface area contributed by atoms with Gasteiger partial charge < -0.3 is 20.1 Å². The van der Waals surface area contributed by atoms with E-state index in [2.05, 4.69) is 32.7 Å². The third kappa shape index (κ3) is 4.97. The molecule has 2 heterocycles. The van der Waals surface area contributed by atoms with Gasteiger partial charge in [0.15, 0.2) is 0 Å². The fraction of sp³-hybridized carbons (Fsp3) is 0.280. The van der Waals surface area contributed by atoms with Crippen molar-refractivity contribution in [1.82, 2.24) is 9.97 Å². The van der Waals surface area contributed by atoms with Crippen LogP contribution >= 0.6 is 0 Å². The second-order valence-corrected chi connectivity index (χ2v) is 7.17. The van der Waals surface area contributed by atoms with Gasteiger partial charge in [0.2, 0.25) is 0 Å². The van der Waals surface area contributed by atoms with Gasteiger partial charge in [-0.1, -0.05) is 12.1 Å². The van der Waals surface area contributed by atoms with E-state index in [-0.39, 0.29) is 0 Å². The Bertz CT molecular complexity index is 1070. The van der Waals surface area contributed by atoms with Gasteiger partial charge in [-0.05, 0) is 44.5 Å². The molecule has 0 bridgehead atoms. The van der Waals surface area contributed by atoms with Gasteiger partial charge in [0.1, 0.15) is 11.5 Å². The molecule has 31 heavy (non-hydrogen) atoms. The normalized spacial score (nSPS) is 10.9. The lowest BCUT2D eigenvalue weighted by molar-refractivity contribution is 0.340. The molecule has 6 heteroatoms. The van der Waals surface area contributed by atoms with Crippen LogP contribution in [-0.4, -0.2) is 36.3 Å². The molecule has 0 radical (unpaired) electrons. The summed E-state index contributed by atoms with van der Waals surface area (Å²) in [7, 11) is 0. The zero-order valence-corrected chi connectivity index (χ0v) is 18.0. The van der Waals surface area contributed by atoms with E-state index >= 15 is 0 Å². The minimum absolute atomic E-state index is 0.637. The average Bonchev–Trinajstić information content (AvgIpc) is 2.79. The van der Waals surface area contributed by atoms with Crippen LogP contribution in [0.3, 0.4) is 0 Å². The van der Waals surface area contributed by atoms with Crippen molar-refractivity contribution in [3.05, 3.63) is 60.9 Å². The highest BCUT2D eigenvalue weighted by Gasteiger charge is 2.07. The Morgan fingerprint density at radius 3 is 1.65 bits per heavy atom. The number of ether oxygens (including phenoxy) is 2. The Kier molecular flexibility index (Phi) is 6.67. The molecule has 0 unspecified atom stereocenters. The lowest BCUT2D eigenvalue weighted by Crippen LogP contribution is -2.10. The van der Waals surface area contributed by atoms with E-state index in [0.29, 0.717) is 13.2 Å². The third-order valence-corrected chi connectivity index (χ3v) is 4.96. The molecule has 0 saturated carbocycles. The number of nitrogens with zero attached hydrogens (tertiary/aromatic N) is 2. The quantitative estimate of drug-likeness (QED) is 0.333. The van der Waals surface area contributed by atoms with Gasteiger partial charge in [0.25, 0.3) is 0 Å². The molecule has 4 rings (SSSR count). The van der Waals surface area contributed by atoms with Gasteiger partial charge >= 0.3 is 0 Å². The molecule has 2 aromatic carbocycles. The topological polar surface area (TPSA) is 68.3 Å². The number of anilines is 2. The molecule has 6 nitrogen and oxygen atoms in total. The first-order valence-corrected chi connectivity index (χ1v) is 10.8. The molecule has 0 aliphatic rings. The summed E-state index contributed by atoms with van der Waals surface area (Å²) in [6.07, 6.45) is 4.57. The predicted molar refractivity (Wildman–Crippen MR) is 127 cm³/mol. The highest BCUT2D eigenvalue weighted by molar-refractivity contribution is 5.92. The minimum Gasteiger partial charge on any atom is -0.494 e. The van der Waals surface area contributed by atoms with Gasteiger partial charge in [-0.25, -0.2) is 0 Å². The van der Waals surface area contributed by atoms with Crippen molar-refractivity contribution in [2.75, 3.05) is 36.9 Å². The van der Waals surface area contributed by atoms with Crippen LogP contribution in [0.25, 0.3) is 21.8 Å². The highest BCUT2D eigenvalue weighted by atomic mass is 16.5. The van der Waals surface area contributed by atoms with Gasteiger partial charge in [-0.15, -0.1) is 0 Å². The SMILES string of the molecule is CCOc1cc(NCCCNc2cc(OCC)cc3cccnc23)c2ncccc2c1. The molecule has 0 fully saturated rings. The van der Waals surface area contributed by atoms with Crippen molar-refractivity contribution >= 4 is 33.2 Å². The Morgan fingerprint density at radius 1 is 0.710 bits per heavy atom. The standard InChI is InChI=1S/C25H28N4O2/c1-3-30-20-14-18-8-5-10-28-24(18)22(16-20)26-12-7-13-27-23-17-21(31-4-2)15-19-9-6-11-29-25(19)23/h5-6,8-11,14-17,26-27H,3-4,7,12-13H2,1-2H3. The lowest BCUT2D eigenvalue weighted by Gasteiger charge is -2.14. The third-order valence-electron chi connectivity index (χ3n) is 4.96. The fourth-order valence-corrected chi connectivity index (χ4v) is 3.63. The van der Waals surface area contributed by atoms with Crippen LogP contribution < -0.4 is 20.1 Å². The summed E-state index contributed by atoms with van der Waals surface area (Å²) in [5, 5.41) is 9.18. The molecular formula is C25H28N4O2. The number of rotatable bonds is 10. The van der Waals surface area contributed by atoms with Gasteiger partial charge in [-0.2, -0.15) is 0 Å². The van der Waals surface area contributed by atoms with Crippen LogP contribution in [0.1, 0.15) is 20.3 Å². The molecule has 160 valence electrons. The number of aromatic nitrogens is 2. The summed E-state index contributed by atoms with van der Waals surface area (Å²) in [6.45, 7) is 6.88. The summed E-state index contributed by atoms with van der Waals surface area (Å²) in [4.78, 5) is 9.07. The summed E-state index contributed by atoms with van der Waals surface area (Å²) < 4.78 is 11.4. The van der Waals surface area contributed by atoms with Gasteiger partial charge in [-0.3, -0.25) is 9.97 Å². The maximum absolute atomic E-state index is 5.71. The van der Waals surface area contributed by atoms with E-state index in [0.717, 1.165) is 64.2 Å². The second kappa shape index (κ2) is 9.98. The monoisotopic (exact) mass is 416 g/mol. The van der Waals surface area contributed by atoms with Crippen molar-refractivity contribution in [2.45, 2.75) is 20.3 Å². The number of pyridine rings is 2. The van der Waals surface area contributed by atoms with E-state index in [9.17, 15) is 0 Å². The summed E-state index contributed by atoms with van der Waals surface area (Å²) in [5.74, 6) is 1.71. The van der Waals surface area contributed by atoms with Crippen molar-refractivity contribution in [1.29, 1.82) is 0 Å². The summed E-state index contributed by atoms with van der Waals surface area (Å²) in [6, 6.07) is 16.1. The van der Waals surface area contributed by atoms with Gasteiger partial charge in [0, 0.05) is 48.4 Å². The van der Waals surface area contributed by atoms with Crippen LogP contribution in [-0.2, 0) is 0 Å². The number of hydrogen-bond acceptors (Lipinski definition) is 6. The molecule has 4 aromatic rings. The zero-order chi connectivity index (χ0) is 21.5. The van der Waals surface area contributed by atoms with E-state index in [1.165, 1.54) is 0 Å². The Hall–Kier alpha value is -3.54. The van der Waals surface area contributed by atoms with E-state index in [1.54, 1.807) is 0 Å². The smallest absolute Gasteiger partial charge is 0.122 e. The Morgan fingerprint density at radius 2 is 1.19 bits per heavy atom. The van der Waals surface area contributed by atoms with Crippen LogP contribution in [0.15, 0.2) is 60.9 Å². The average molecular weight is 417 g/mol. The summed E-state index contributed by atoms with van der Waals surface area (Å²) >= 11 is 0. The van der Waals surface area contributed by atoms with Crippen LogP contribution in [0, 0.1) is 0 Å². The predicted octanol–water partition coefficient (Wildman–Crippen LogP) is 5.49. The Labute approximate surface area is 182 Å². The molecule has 2 N–H and O–H groups in total. The Balaban J connectivity index is 1.41. The first kappa shape index (κ1) is 20.7. The van der Waals surface area contributed by atoms with Crippen molar-refractivity contribution in [3.63, 3.8) is 0 Å².